The van der Waals surface area contributed by atoms with Crippen LogP contribution in [0.4, 0.5) is 5.13 Å². The maximum absolute atomic E-state index is 12.9. The summed E-state index contributed by atoms with van der Waals surface area (Å²) in [6.45, 7) is 5.61. The number of nitrogens with zero attached hydrogens (tertiary/aromatic N) is 3. The predicted molar refractivity (Wildman–Crippen MR) is 135 cm³/mol. The second-order valence-corrected chi connectivity index (χ2v) is 11.0. The standard InChI is InChI=1S/C24H28N4O4S2/c1-3-32-23-14-18(4-9-22(23)29)15-25-27-24-26-21(16-33-24)19-5-7-20(8-6-19)34(30,31)28-12-10-17(2)11-13-28/h4-9,14-17,29H,3,10-13H2,1-2H3,(H,26,27). The largest absolute Gasteiger partial charge is 0.504 e. The minimum atomic E-state index is -3.47. The van der Waals surface area contributed by atoms with Gasteiger partial charge in [-0.25, -0.2) is 13.4 Å². The number of sulfonamides is 1. The molecule has 10 heteroatoms. The van der Waals surface area contributed by atoms with E-state index in [4.69, 9.17) is 4.74 Å². The van der Waals surface area contributed by atoms with Crippen LogP contribution in [0.3, 0.4) is 0 Å². The van der Waals surface area contributed by atoms with E-state index in [0.717, 1.165) is 29.7 Å². The Balaban J connectivity index is 1.40. The summed E-state index contributed by atoms with van der Waals surface area (Å²) >= 11 is 1.40. The highest BCUT2D eigenvalue weighted by Gasteiger charge is 2.28. The van der Waals surface area contributed by atoms with Crippen LogP contribution in [-0.2, 0) is 10.0 Å². The number of aromatic hydroxyl groups is 1. The minimum Gasteiger partial charge on any atom is -0.504 e. The van der Waals surface area contributed by atoms with Crippen LogP contribution < -0.4 is 10.2 Å². The predicted octanol–water partition coefficient (Wildman–Crippen LogP) is 4.78. The molecule has 34 heavy (non-hydrogen) atoms. The number of phenolic OH excluding ortho intramolecular Hbond substituents is 1. The maximum atomic E-state index is 12.9. The van der Waals surface area contributed by atoms with Gasteiger partial charge in [0.1, 0.15) is 0 Å². The van der Waals surface area contributed by atoms with Gasteiger partial charge in [-0.1, -0.05) is 19.1 Å². The van der Waals surface area contributed by atoms with Crippen LogP contribution in [0.25, 0.3) is 11.3 Å². The zero-order valence-corrected chi connectivity index (χ0v) is 20.8. The van der Waals surface area contributed by atoms with Crippen molar-refractivity contribution in [1.82, 2.24) is 9.29 Å². The molecule has 0 aliphatic carbocycles. The molecule has 4 rings (SSSR count). The van der Waals surface area contributed by atoms with E-state index in [9.17, 15) is 13.5 Å². The van der Waals surface area contributed by atoms with E-state index >= 15 is 0 Å². The summed E-state index contributed by atoms with van der Waals surface area (Å²) in [5.41, 5.74) is 5.24. The summed E-state index contributed by atoms with van der Waals surface area (Å²) in [6, 6.07) is 11.9. The van der Waals surface area contributed by atoms with Crippen molar-refractivity contribution in [3.8, 4) is 22.8 Å². The fraction of sp³-hybridized carbons (Fsp3) is 0.333. The molecule has 1 aliphatic heterocycles. The number of piperidine rings is 1. The Labute approximate surface area is 204 Å². The molecule has 0 amide bonds. The van der Waals surface area contributed by atoms with Gasteiger partial charge in [0.2, 0.25) is 15.2 Å². The summed E-state index contributed by atoms with van der Waals surface area (Å²) < 4.78 is 32.8. The number of phenols is 1. The molecule has 8 nitrogen and oxygen atoms in total. The highest BCUT2D eigenvalue weighted by Crippen LogP contribution is 2.29. The lowest BCUT2D eigenvalue weighted by atomic mass is 10.0. The first kappa shape index (κ1) is 24.2. The van der Waals surface area contributed by atoms with Gasteiger partial charge in [0.25, 0.3) is 0 Å². The van der Waals surface area contributed by atoms with Crippen LogP contribution in [0, 0.1) is 5.92 Å². The third-order valence-electron chi connectivity index (χ3n) is 5.69. The van der Waals surface area contributed by atoms with Crippen molar-refractivity contribution in [3.05, 3.63) is 53.4 Å². The number of hydrogen-bond acceptors (Lipinski definition) is 8. The van der Waals surface area contributed by atoms with Crippen molar-refractivity contribution in [2.75, 3.05) is 25.1 Å². The van der Waals surface area contributed by atoms with Crippen LogP contribution in [-0.4, -0.2) is 48.7 Å². The number of nitrogens with one attached hydrogen (secondary N) is 1. The van der Waals surface area contributed by atoms with Crippen LogP contribution in [0.15, 0.2) is 57.8 Å². The molecule has 0 atom stereocenters. The van der Waals surface area contributed by atoms with Gasteiger partial charge < -0.3 is 9.84 Å². The van der Waals surface area contributed by atoms with Gasteiger partial charge in [0, 0.05) is 24.0 Å². The number of anilines is 1. The molecule has 2 N–H and O–H groups in total. The van der Waals surface area contributed by atoms with Crippen LogP contribution in [0.5, 0.6) is 11.5 Å². The van der Waals surface area contributed by atoms with Gasteiger partial charge in [-0.2, -0.15) is 9.41 Å². The summed E-state index contributed by atoms with van der Waals surface area (Å²) in [6.07, 6.45) is 3.41. The topological polar surface area (TPSA) is 104 Å². The third kappa shape index (κ3) is 5.57. The minimum absolute atomic E-state index is 0.0841. The molecule has 2 heterocycles. The Hall–Kier alpha value is -2.95. The van der Waals surface area contributed by atoms with Gasteiger partial charge >= 0.3 is 0 Å². The first-order valence-electron chi connectivity index (χ1n) is 11.2. The fourth-order valence-electron chi connectivity index (χ4n) is 3.67. The van der Waals surface area contributed by atoms with E-state index in [0.29, 0.717) is 41.4 Å². The Kier molecular flexibility index (Phi) is 7.50. The average molecular weight is 501 g/mol. The second kappa shape index (κ2) is 10.5. The van der Waals surface area contributed by atoms with Crippen molar-refractivity contribution >= 4 is 32.7 Å². The maximum Gasteiger partial charge on any atom is 0.243 e. The van der Waals surface area contributed by atoms with Crippen molar-refractivity contribution < 1.29 is 18.3 Å². The van der Waals surface area contributed by atoms with E-state index < -0.39 is 10.0 Å². The van der Waals surface area contributed by atoms with Crippen molar-refractivity contribution in [2.45, 2.75) is 31.6 Å². The Morgan fingerprint density at radius 3 is 2.68 bits per heavy atom. The van der Waals surface area contributed by atoms with Crippen molar-refractivity contribution in [3.63, 3.8) is 0 Å². The molecule has 180 valence electrons. The van der Waals surface area contributed by atoms with Crippen LogP contribution in [0.2, 0.25) is 0 Å². The quantitative estimate of drug-likeness (QED) is 0.341. The Bertz CT molecular complexity index is 1250. The molecule has 0 unspecified atom stereocenters. The Morgan fingerprint density at radius 2 is 1.97 bits per heavy atom. The van der Waals surface area contributed by atoms with E-state index in [1.807, 2.05) is 12.3 Å². The Morgan fingerprint density at radius 1 is 1.24 bits per heavy atom. The second-order valence-electron chi connectivity index (χ2n) is 8.18. The average Bonchev–Trinajstić information content (AvgIpc) is 3.31. The molecule has 0 bridgehead atoms. The zero-order valence-electron chi connectivity index (χ0n) is 19.1. The fourth-order valence-corrected chi connectivity index (χ4v) is 5.81. The SMILES string of the molecule is CCOc1cc(C=NNc2nc(-c3ccc(S(=O)(=O)N4CCC(C)CC4)cc3)cs2)ccc1O. The number of aromatic nitrogens is 1. The summed E-state index contributed by atoms with van der Waals surface area (Å²) in [5, 5.41) is 16.5. The normalized spacial score (nSPS) is 15.6. The molecule has 0 radical (unpaired) electrons. The summed E-state index contributed by atoms with van der Waals surface area (Å²) in [5.74, 6) is 1.06. The summed E-state index contributed by atoms with van der Waals surface area (Å²) in [7, 11) is -3.47. The van der Waals surface area contributed by atoms with E-state index in [1.54, 1.807) is 53.0 Å². The molecular formula is C24H28N4O4S2. The van der Waals surface area contributed by atoms with E-state index in [2.05, 4.69) is 22.4 Å². The molecule has 3 aromatic rings. The molecule has 1 fully saturated rings. The molecule has 1 saturated heterocycles. The third-order valence-corrected chi connectivity index (χ3v) is 8.35. The monoisotopic (exact) mass is 500 g/mol. The number of hydrazone groups is 1. The number of thiazole rings is 1. The molecule has 2 aromatic carbocycles. The highest BCUT2D eigenvalue weighted by atomic mass is 32.2. The summed E-state index contributed by atoms with van der Waals surface area (Å²) in [4.78, 5) is 4.84. The smallest absolute Gasteiger partial charge is 0.243 e. The van der Waals surface area contributed by atoms with Crippen molar-refractivity contribution in [1.29, 1.82) is 0 Å². The number of ether oxygens (including phenoxy) is 1. The number of hydrogen-bond donors (Lipinski definition) is 2. The lowest BCUT2D eigenvalue weighted by Crippen LogP contribution is -2.37. The van der Waals surface area contributed by atoms with E-state index in [1.165, 1.54) is 11.3 Å². The van der Waals surface area contributed by atoms with Gasteiger partial charge in [-0.05, 0) is 61.6 Å². The lowest BCUT2D eigenvalue weighted by Gasteiger charge is -2.29. The van der Waals surface area contributed by atoms with Crippen LogP contribution >= 0.6 is 11.3 Å². The zero-order chi connectivity index (χ0) is 24.1. The molecule has 0 saturated carbocycles. The lowest BCUT2D eigenvalue weighted by molar-refractivity contribution is 0.288. The molecule has 1 aromatic heterocycles. The van der Waals surface area contributed by atoms with Gasteiger partial charge in [0.05, 0.1) is 23.4 Å². The van der Waals surface area contributed by atoms with E-state index in [-0.39, 0.29) is 5.75 Å². The highest BCUT2D eigenvalue weighted by molar-refractivity contribution is 7.89. The molecule has 0 spiro atoms. The molecular weight excluding hydrogens is 472 g/mol. The number of benzene rings is 2. The van der Waals surface area contributed by atoms with Gasteiger partial charge in [-0.3, -0.25) is 5.43 Å². The van der Waals surface area contributed by atoms with Gasteiger partial charge in [-0.15, -0.1) is 11.3 Å². The van der Waals surface area contributed by atoms with Crippen LogP contribution in [0.1, 0.15) is 32.3 Å². The van der Waals surface area contributed by atoms with Gasteiger partial charge in [0.15, 0.2) is 11.5 Å². The first-order valence-corrected chi connectivity index (χ1v) is 13.5. The molecule has 1 aliphatic rings. The van der Waals surface area contributed by atoms with Crippen molar-refractivity contribution in [2.24, 2.45) is 11.0 Å². The number of rotatable bonds is 8. The first-order chi connectivity index (χ1) is 16.4.